The largest absolute Gasteiger partial charge is 0.497 e. The molecule has 0 saturated carbocycles. The first-order chi connectivity index (χ1) is 12.8. The van der Waals surface area contributed by atoms with Crippen molar-refractivity contribution < 1.29 is 17.9 Å². The fourth-order valence-corrected chi connectivity index (χ4v) is 5.90. The molecule has 0 radical (unpaired) electrons. The second-order valence-electron chi connectivity index (χ2n) is 6.53. The number of hydrogen-bond donors (Lipinski definition) is 0. The summed E-state index contributed by atoms with van der Waals surface area (Å²) in [5.74, 6) is 0.492. The maximum Gasteiger partial charge on any atom is 0.329 e. The second kappa shape index (κ2) is 6.58. The molecule has 0 aromatic heterocycles. The number of anilines is 2. The molecular weight excluding hydrogens is 411 g/mol. The summed E-state index contributed by atoms with van der Waals surface area (Å²) < 4.78 is 29.7. The van der Waals surface area contributed by atoms with Crippen molar-refractivity contribution in [2.24, 2.45) is 0 Å². The van der Waals surface area contributed by atoms with Crippen molar-refractivity contribution in [1.82, 2.24) is 0 Å². The van der Waals surface area contributed by atoms with Crippen LogP contribution in [-0.4, -0.2) is 45.1 Å². The van der Waals surface area contributed by atoms with E-state index in [1.165, 1.54) is 9.80 Å². The van der Waals surface area contributed by atoms with E-state index < -0.39 is 21.9 Å². The smallest absolute Gasteiger partial charge is 0.329 e. The van der Waals surface area contributed by atoms with E-state index >= 15 is 0 Å². The minimum absolute atomic E-state index is 0.0761. The topological polar surface area (TPSA) is 66.9 Å². The van der Waals surface area contributed by atoms with E-state index in [9.17, 15) is 13.2 Å². The number of hydrogen-bond acceptors (Lipinski definition) is 4. The van der Waals surface area contributed by atoms with Crippen molar-refractivity contribution in [3.8, 4) is 5.75 Å². The molecule has 2 unspecified atom stereocenters. The lowest BCUT2D eigenvalue weighted by molar-refractivity contribution is 0.255. The number of methoxy groups -OCH3 is 1. The van der Waals surface area contributed by atoms with Gasteiger partial charge in [0.2, 0.25) is 0 Å². The van der Waals surface area contributed by atoms with E-state index in [0.717, 1.165) is 0 Å². The lowest BCUT2D eigenvalue weighted by atomic mass is 10.1. The van der Waals surface area contributed by atoms with Gasteiger partial charge in [-0.1, -0.05) is 23.2 Å². The fraction of sp³-hybridized carbons (Fsp3) is 0.278. The van der Waals surface area contributed by atoms with Crippen LogP contribution in [0.25, 0.3) is 0 Å². The molecule has 0 bridgehead atoms. The highest BCUT2D eigenvalue weighted by Gasteiger charge is 2.54. The maximum atomic E-state index is 13.2. The van der Waals surface area contributed by atoms with Gasteiger partial charge in [-0.25, -0.2) is 13.2 Å². The summed E-state index contributed by atoms with van der Waals surface area (Å²) in [6.07, 6.45) is 0. The molecule has 2 atom stereocenters. The third-order valence-electron chi connectivity index (χ3n) is 4.90. The monoisotopic (exact) mass is 426 g/mol. The average molecular weight is 427 g/mol. The van der Waals surface area contributed by atoms with Gasteiger partial charge in [-0.2, -0.15) is 0 Å². The molecular formula is C18H16Cl2N2O4S. The summed E-state index contributed by atoms with van der Waals surface area (Å²) in [6.45, 7) is 0. The Balaban J connectivity index is 1.78. The van der Waals surface area contributed by atoms with Gasteiger partial charge in [0, 0.05) is 11.4 Å². The molecule has 142 valence electrons. The van der Waals surface area contributed by atoms with Crippen LogP contribution in [0, 0.1) is 0 Å². The molecule has 27 heavy (non-hydrogen) atoms. The van der Waals surface area contributed by atoms with Crippen LogP contribution in [0.4, 0.5) is 16.2 Å². The number of rotatable bonds is 3. The van der Waals surface area contributed by atoms with Gasteiger partial charge in [0.15, 0.2) is 9.84 Å². The number of nitrogens with zero attached hydrogens (tertiary/aromatic N) is 2. The SMILES string of the molecule is COc1ccc(N2C(=O)N(c3ccc(Cl)c(Cl)c3)C3CS(=O)(=O)CC32)cc1. The van der Waals surface area contributed by atoms with Gasteiger partial charge < -0.3 is 4.74 Å². The predicted octanol–water partition coefficient (Wildman–Crippen LogP) is 3.61. The summed E-state index contributed by atoms with van der Waals surface area (Å²) >= 11 is 12.1. The van der Waals surface area contributed by atoms with E-state index in [2.05, 4.69) is 0 Å². The van der Waals surface area contributed by atoms with E-state index in [1.807, 2.05) is 0 Å². The summed E-state index contributed by atoms with van der Waals surface area (Å²) in [5.41, 5.74) is 1.15. The first-order valence-corrected chi connectivity index (χ1v) is 10.8. The van der Waals surface area contributed by atoms with Crippen molar-refractivity contribution >= 4 is 50.4 Å². The number of carbonyl (C=O) groups excluding carboxylic acids is 1. The van der Waals surface area contributed by atoms with E-state index in [-0.39, 0.29) is 17.5 Å². The third-order valence-corrected chi connectivity index (χ3v) is 7.34. The molecule has 2 heterocycles. The lowest BCUT2D eigenvalue weighted by Crippen LogP contribution is -2.37. The average Bonchev–Trinajstić information content (AvgIpc) is 3.06. The predicted molar refractivity (Wildman–Crippen MR) is 106 cm³/mol. The Morgan fingerprint density at radius 3 is 2.04 bits per heavy atom. The molecule has 2 aliphatic heterocycles. The van der Waals surface area contributed by atoms with Crippen LogP contribution in [0.3, 0.4) is 0 Å². The lowest BCUT2D eigenvalue weighted by Gasteiger charge is -2.23. The highest BCUT2D eigenvalue weighted by Crippen LogP contribution is 2.39. The number of amides is 2. The Morgan fingerprint density at radius 2 is 1.48 bits per heavy atom. The molecule has 2 fully saturated rings. The van der Waals surface area contributed by atoms with Crippen LogP contribution in [0.2, 0.25) is 10.0 Å². The molecule has 4 rings (SSSR count). The zero-order valence-electron chi connectivity index (χ0n) is 14.3. The van der Waals surface area contributed by atoms with Gasteiger partial charge in [0.05, 0.1) is 40.7 Å². The van der Waals surface area contributed by atoms with Crippen LogP contribution < -0.4 is 14.5 Å². The third kappa shape index (κ3) is 3.13. The van der Waals surface area contributed by atoms with E-state index in [1.54, 1.807) is 49.6 Å². The van der Waals surface area contributed by atoms with Crippen molar-refractivity contribution in [2.75, 3.05) is 28.4 Å². The summed E-state index contributed by atoms with van der Waals surface area (Å²) in [6, 6.07) is 10.6. The van der Waals surface area contributed by atoms with Gasteiger partial charge >= 0.3 is 6.03 Å². The molecule has 2 aromatic carbocycles. The van der Waals surface area contributed by atoms with Crippen molar-refractivity contribution in [1.29, 1.82) is 0 Å². The number of sulfone groups is 1. The Morgan fingerprint density at radius 1 is 0.926 bits per heavy atom. The van der Waals surface area contributed by atoms with E-state index in [4.69, 9.17) is 27.9 Å². The van der Waals surface area contributed by atoms with Crippen molar-refractivity contribution in [2.45, 2.75) is 12.1 Å². The molecule has 2 amide bonds. The molecule has 9 heteroatoms. The highest BCUT2D eigenvalue weighted by molar-refractivity contribution is 7.91. The van der Waals surface area contributed by atoms with E-state index in [0.29, 0.717) is 27.2 Å². The first kappa shape index (κ1) is 18.4. The first-order valence-electron chi connectivity index (χ1n) is 8.23. The number of halogens is 2. The van der Waals surface area contributed by atoms with Gasteiger partial charge in [0.25, 0.3) is 0 Å². The number of urea groups is 1. The fourth-order valence-electron chi connectivity index (χ4n) is 3.69. The normalized spacial score (nSPS) is 23.6. The summed E-state index contributed by atoms with van der Waals surface area (Å²) in [5, 5.41) is 0.678. The molecule has 0 N–H and O–H groups in total. The second-order valence-corrected chi connectivity index (χ2v) is 9.50. The van der Waals surface area contributed by atoms with Crippen LogP contribution in [0.5, 0.6) is 5.75 Å². The Bertz CT molecular complexity index is 1010. The zero-order valence-corrected chi connectivity index (χ0v) is 16.6. The zero-order chi connectivity index (χ0) is 19.3. The summed E-state index contributed by atoms with van der Waals surface area (Å²) in [4.78, 5) is 16.3. The minimum Gasteiger partial charge on any atom is -0.497 e. The van der Waals surface area contributed by atoms with Crippen LogP contribution in [-0.2, 0) is 9.84 Å². The van der Waals surface area contributed by atoms with Gasteiger partial charge in [-0.05, 0) is 42.5 Å². The Kier molecular flexibility index (Phi) is 4.49. The molecule has 2 aromatic rings. The quantitative estimate of drug-likeness (QED) is 0.702. The van der Waals surface area contributed by atoms with Crippen LogP contribution >= 0.6 is 23.2 Å². The number of fused-ring (bicyclic) bond motifs is 1. The summed E-state index contributed by atoms with van der Waals surface area (Å²) in [7, 11) is -1.70. The molecule has 0 spiro atoms. The molecule has 2 saturated heterocycles. The number of benzene rings is 2. The van der Waals surface area contributed by atoms with Gasteiger partial charge in [-0.3, -0.25) is 9.80 Å². The van der Waals surface area contributed by atoms with Gasteiger partial charge in [-0.15, -0.1) is 0 Å². The van der Waals surface area contributed by atoms with Crippen molar-refractivity contribution in [3.05, 3.63) is 52.5 Å². The molecule has 2 aliphatic rings. The number of ether oxygens (including phenoxy) is 1. The number of carbonyl (C=O) groups is 1. The Hall–Kier alpha value is -1.96. The molecule has 0 aliphatic carbocycles. The van der Waals surface area contributed by atoms with Crippen LogP contribution in [0.15, 0.2) is 42.5 Å². The molecule has 6 nitrogen and oxygen atoms in total. The minimum atomic E-state index is -3.26. The standard InChI is InChI=1S/C18H16Cl2N2O4S/c1-26-13-5-2-11(3-6-13)21-16-9-27(24,25)10-17(16)22(18(21)23)12-4-7-14(19)15(20)8-12/h2-8,16-17H,9-10H2,1H3. The Labute approximate surface area is 167 Å². The van der Waals surface area contributed by atoms with Gasteiger partial charge in [0.1, 0.15) is 5.75 Å². The van der Waals surface area contributed by atoms with Crippen molar-refractivity contribution in [3.63, 3.8) is 0 Å². The maximum absolute atomic E-state index is 13.2. The highest BCUT2D eigenvalue weighted by atomic mass is 35.5. The van der Waals surface area contributed by atoms with Crippen LogP contribution in [0.1, 0.15) is 0 Å².